The molecule has 122 valence electrons. The van der Waals surface area contributed by atoms with Crippen LogP contribution in [0.1, 0.15) is 6.92 Å². The van der Waals surface area contributed by atoms with E-state index in [1.807, 2.05) is 6.92 Å². The molecule has 0 unspecified atom stereocenters. The van der Waals surface area contributed by atoms with Crippen LogP contribution in [0.3, 0.4) is 0 Å². The maximum atomic E-state index is 11.1. The molecule has 3 atom stereocenters. The molecule has 0 bridgehead atoms. The molecule has 1 aromatic carbocycles. The van der Waals surface area contributed by atoms with Crippen LogP contribution in [0.4, 0.5) is 0 Å². The summed E-state index contributed by atoms with van der Waals surface area (Å²) in [6.45, 7) is 2.22. The van der Waals surface area contributed by atoms with E-state index < -0.39 is 12.0 Å². The topological polar surface area (TPSA) is 93.6 Å². The number of aliphatic carboxylic acids is 1. The lowest BCUT2D eigenvalue weighted by Crippen LogP contribution is -2.35. The average molecular weight is 338 g/mol. The highest BCUT2D eigenvalue weighted by Crippen LogP contribution is 2.29. The largest absolute Gasteiger partial charge is 0.497 e. The predicted octanol–water partition coefficient (Wildman–Crippen LogP) is 1.73. The van der Waals surface area contributed by atoms with Gasteiger partial charge in [0, 0.05) is 18.5 Å². The van der Waals surface area contributed by atoms with Crippen LogP contribution >= 0.6 is 11.6 Å². The molecule has 1 aliphatic rings. The lowest BCUT2D eigenvalue weighted by atomic mass is 10.0. The number of aromatic nitrogens is 2. The fraction of sp³-hybridized carbons (Fsp3) is 0.400. The molecule has 0 radical (unpaired) electrons. The van der Waals surface area contributed by atoms with Crippen LogP contribution in [0.5, 0.6) is 11.6 Å². The van der Waals surface area contributed by atoms with E-state index in [9.17, 15) is 4.79 Å². The molecule has 2 aromatic rings. The standard InChI is InChI=1S/C15H16ClN3O4/c1-7-11(6-17-12(7)15(20)21)23-14-13(16)18-9-4-3-8(22-2)5-10(9)19-14/h3-5,7,11-12,17H,6H2,1-2H3,(H,20,21)/t7-,11+,12+/m1/s1. The Bertz CT molecular complexity index is 755. The van der Waals surface area contributed by atoms with E-state index in [-0.39, 0.29) is 23.1 Å². The van der Waals surface area contributed by atoms with Gasteiger partial charge < -0.3 is 19.9 Å². The Hall–Kier alpha value is -2.12. The number of carboxylic acid groups (broad SMARTS) is 1. The van der Waals surface area contributed by atoms with Gasteiger partial charge >= 0.3 is 5.97 Å². The number of hydrogen-bond donors (Lipinski definition) is 2. The van der Waals surface area contributed by atoms with Crippen molar-refractivity contribution in [1.82, 2.24) is 15.3 Å². The molecule has 0 saturated carbocycles. The molecule has 0 spiro atoms. The van der Waals surface area contributed by atoms with Gasteiger partial charge in [0.05, 0.1) is 18.1 Å². The van der Waals surface area contributed by atoms with Crippen molar-refractivity contribution in [2.75, 3.05) is 13.7 Å². The number of carbonyl (C=O) groups is 1. The third kappa shape index (κ3) is 3.02. The van der Waals surface area contributed by atoms with E-state index >= 15 is 0 Å². The number of halogens is 1. The van der Waals surface area contributed by atoms with E-state index in [0.717, 1.165) is 0 Å². The molecular formula is C15H16ClN3O4. The lowest BCUT2D eigenvalue weighted by Gasteiger charge is -2.18. The van der Waals surface area contributed by atoms with E-state index in [0.29, 0.717) is 23.3 Å². The zero-order valence-corrected chi connectivity index (χ0v) is 13.4. The summed E-state index contributed by atoms with van der Waals surface area (Å²) in [5.41, 5.74) is 1.22. The number of carboxylic acids is 1. The predicted molar refractivity (Wildman–Crippen MR) is 84.1 cm³/mol. The van der Waals surface area contributed by atoms with Gasteiger partial charge in [0.1, 0.15) is 17.9 Å². The van der Waals surface area contributed by atoms with Crippen molar-refractivity contribution >= 4 is 28.6 Å². The first-order valence-electron chi connectivity index (χ1n) is 7.13. The van der Waals surface area contributed by atoms with Crippen LogP contribution in [-0.4, -0.2) is 46.8 Å². The number of ether oxygens (including phenoxy) is 2. The molecule has 1 aromatic heterocycles. The average Bonchev–Trinajstić information content (AvgIpc) is 2.89. The second kappa shape index (κ2) is 6.17. The number of fused-ring (bicyclic) bond motifs is 1. The third-order valence-corrected chi connectivity index (χ3v) is 4.23. The summed E-state index contributed by atoms with van der Waals surface area (Å²) >= 11 is 6.14. The summed E-state index contributed by atoms with van der Waals surface area (Å²) in [6.07, 6.45) is -0.342. The van der Waals surface area contributed by atoms with Crippen LogP contribution < -0.4 is 14.8 Å². The maximum Gasteiger partial charge on any atom is 0.321 e. The number of benzene rings is 1. The first-order chi connectivity index (χ1) is 11.0. The number of methoxy groups -OCH3 is 1. The quantitative estimate of drug-likeness (QED) is 0.877. The van der Waals surface area contributed by atoms with Gasteiger partial charge in [-0.25, -0.2) is 9.97 Å². The van der Waals surface area contributed by atoms with Crippen molar-refractivity contribution in [2.45, 2.75) is 19.1 Å². The number of hydrogen-bond acceptors (Lipinski definition) is 6. The maximum absolute atomic E-state index is 11.1. The molecule has 0 aliphatic carbocycles. The molecule has 1 fully saturated rings. The van der Waals surface area contributed by atoms with Crippen molar-refractivity contribution < 1.29 is 19.4 Å². The normalized spacial score (nSPS) is 23.9. The smallest absolute Gasteiger partial charge is 0.321 e. The fourth-order valence-electron chi connectivity index (χ4n) is 2.63. The van der Waals surface area contributed by atoms with Gasteiger partial charge in [-0.3, -0.25) is 4.79 Å². The molecule has 3 rings (SSSR count). The third-order valence-electron chi connectivity index (χ3n) is 3.98. The first kappa shape index (κ1) is 15.8. The Morgan fingerprint density at radius 2 is 2.17 bits per heavy atom. The molecule has 2 heterocycles. The minimum absolute atomic E-state index is 0.147. The van der Waals surface area contributed by atoms with Crippen molar-refractivity contribution in [1.29, 1.82) is 0 Å². The lowest BCUT2D eigenvalue weighted by molar-refractivity contribution is -0.140. The van der Waals surface area contributed by atoms with Crippen LogP contribution in [0, 0.1) is 5.92 Å². The van der Waals surface area contributed by atoms with Crippen molar-refractivity contribution in [3.63, 3.8) is 0 Å². The fourth-order valence-corrected chi connectivity index (χ4v) is 2.81. The molecular weight excluding hydrogens is 322 g/mol. The van der Waals surface area contributed by atoms with E-state index in [1.54, 1.807) is 25.3 Å². The molecule has 0 amide bonds. The van der Waals surface area contributed by atoms with E-state index in [2.05, 4.69) is 15.3 Å². The second-order valence-corrected chi connectivity index (χ2v) is 5.77. The number of rotatable bonds is 4. The Morgan fingerprint density at radius 1 is 1.39 bits per heavy atom. The highest BCUT2D eigenvalue weighted by Gasteiger charge is 2.39. The van der Waals surface area contributed by atoms with Crippen molar-refractivity contribution in [3.8, 4) is 11.6 Å². The second-order valence-electron chi connectivity index (χ2n) is 5.41. The summed E-state index contributed by atoms with van der Waals surface area (Å²) in [5, 5.41) is 12.2. The zero-order valence-electron chi connectivity index (χ0n) is 12.6. The summed E-state index contributed by atoms with van der Waals surface area (Å²) in [4.78, 5) is 19.8. The molecule has 7 nitrogen and oxygen atoms in total. The SMILES string of the molecule is COc1ccc2nc(Cl)c(O[C@H]3CN[C@H](C(=O)O)[C@@H]3C)nc2c1. The molecule has 23 heavy (non-hydrogen) atoms. The monoisotopic (exact) mass is 337 g/mol. The summed E-state index contributed by atoms with van der Waals surface area (Å²) < 4.78 is 11.0. The molecule has 2 N–H and O–H groups in total. The highest BCUT2D eigenvalue weighted by atomic mass is 35.5. The Balaban J connectivity index is 1.88. The van der Waals surface area contributed by atoms with Crippen LogP contribution in [-0.2, 0) is 4.79 Å². The summed E-state index contributed by atoms with van der Waals surface area (Å²) in [6, 6.07) is 4.63. The summed E-state index contributed by atoms with van der Waals surface area (Å²) in [7, 11) is 1.57. The molecule has 1 aliphatic heterocycles. The van der Waals surface area contributed by atoms with Gasteiger partial charge in [-0.2, -0.15) is 0 Å². The van der Waals surface area contributed by atoms with Crippen LogP contribution in [0.25, 0.3) is 11.0 Å². The van der Waals surface area contributed by atoms with Crippen LogP contribution in [0.2, 0.25) is 5.15 Å². The van der Waals surface area contributed by atoms with Crippen LogP contribution in [0.15, 0.2) is 18.2 Å². The highest BCUT2D eigenvalue weighted by molar-refractivity contribution is 6.31. The Labute approximate surface area is 137 Å². The minimum Gasteiger partial charge on any atom is -0.497 e. The van der Waals surface area contributed by atoms with Gasteiger partial charge in [-0.1, -0.05) is 18.5 Å². The van der Waals surface area contributed by atoms with Gasteiger partial charge in [0.2, 0.25) is 0 Å². The van der Waals surface area contributed by atoms with Crippen molar-refractivity contribution in [3.05, 3.63) is 23.4 Å². The Morgan fingerprint density at radius 3 is 2.83 bits per heavy atom. The Kier molecular flexibility index (Phi) is 4.23. The van der Waals surface area contributed by atoms with Gasteiger partial charge in [-0.15, -0.1) is 0 Å². The van der Waals surface area contributed by atoms with E-state index in [4.69, 9.17) is 26.2 Å². The van der Waals surface area contributed by atoms with Gasteiger partial charge in [-0.05, 0) is 12.1 Å². The van der Waals surface area contributed by atoms with E-state index in [1.165, 1.54) is 0 Å². The first-order valence-corrected chi connectivity index (χ1v) is 7.51. The van der Waals surface area contributed by atoms with Gasteiger partial charge in [0.15, 0.2) is 5.15 Å². The minimum atomic E-state index is -0.899. The van der Waals surface area contributed by atoms with Gasteiger partial charge in [0.25, 0.3) is 5.88 Å². The number of nitrogens with one attached hydrogen (secondary N) is 1. The number of nitrogens with zero attached hydrogens (tertiary/aromatic N) is 2. The molecule has 8 heteroatoms. The van der Waals surface area contributed by atoms with Crippen molar-refractivity contribution in [2.24, 2.45) is 5.92 Å². The zero-order chi connectivity index (χ0) is 16.6. The molecule has 1 saturated heterocycles. The summed E-state index contributed by atoms with van der Waals surface area (Å²) in [5.74, 6) is -0.269.